The Hall–Kier alpha value is -4.33. The van der Waals surface area contributed by atoms with Gasteiger partial charge >= 0.3 is 11.9 Å². The van der Waals surface area contributed by atoms with Crippen molar-refractivity contribution >= 4 is 17.8 Å². The Morgan fingerprint density at radius 1 is 0.818 bits per heavy atom. The number of esters is 2. The smallest absolute Gasteiger partial charge is 0.337 e. The standard InChI is InChI=1S/C36H43NO7/c1-36(2,3)29-13-8-26(9-14-29)24-44-30-15-10-25(11-16-30)7-6-22-43-32-17-12-28(35(40)42-5)23-31(32)33(38)37-20-18-27(19-21-37)34(39)41-4/h8-17,23,27H,6-7,18-22,24H2,1-5H3. The fourth-order valence-corrected chi connectivity index (χ4v) is 5.20. The molecule has 1 saturated heterocycles. The number of rotatable bonds is 11. The molecule has 0 bridgehead atoms. The molecule has 8 heteroatoms. The first kappa shape index (κ1) is 32.6. The third-order valence-electron chi connectivity index (χ3n) is 7.96. The van der Waals surface area contributed by atoms with Gasteiger partial charge in [0.05, 0.1) is 37.9 Å². The van der Waals surface area contributed by atoms with Crippen molar-refractivity contribution in [2.45, 2.75) is 58.5 Å². The Labute approximate surface area is 260 Å². The molecule has 44 heavy (non-hydrogen) atoms. The maximum Gasteiger partial charge on any atom is 0.337 e. The predicted molar refractivity (Wildman–Crippen MR) is 168 cm³/mol. The first-order valence-corrected chi connectivity index (χ1v) is 15.1. The zero-order valence-electron chi connectivity index (χ0n) is 26.4. The summed E-state index contributed by atoms with van der Waals surface area (Å²) in [6.45, 7) is 8.36. The summed E-state index contributed by atoms with van der Waals surface area (Å²) in [5.74, 6) is -0.00692. The summed E-state index contributed by atoms with van der Waals surface area (Å²) < 4.78 is 21.7. The van der Waals surface area contributed by atoms with Crippen molar-refractivity contribution < 1.29 is 33.3 Å². The van der Waals surface area contributed by atoms with E-state index in [2.05, 4.69) is 57.2 Å². The minimum atomic E-state index is -0.527. The maximum atomic E-state index is 13.5. The SMILES string of the molecule is COC(=O)c1ccc(OCCCc2ccc(OCc3ccc(C(C)(C)C)cc3)cc2)c(C(=O)N2CCC(C(=O)OC)CC2)c1. The van der Waals surface area contributed by atoms with Gasteiger partial charge in [0.1, 0.15) is 18.1 Å². The summed E-state index contributed by atoms with van der Waals surface area (Å²) in [7, 11) is 2.68. The second kappa shape index (κ2) is 14.9. The molecule has 234 valence electrons. The molecule has 3 aromatic rings. The van der Waals surface area contributed by atoms with Crippen LogP contribution in [0.5, 0.6) is 11.5 Å². The van der Waals surface area contributed by atoms with Gasteiger partial charge in [0.25, 0.3) is 5.91 Å². The molecule has 8 nitrogen and oxygen atoms in total. The molecular weight excluding hydrogens is 558 g/mol. The third-order valence-corrected chi connectivity index (χ3v) is 7.96. The van der Waals surface area contributed by atoms with Crippen LogP contribution in [-0.4, -0.2) is 56.7 Å². The first-order chi connectivity index (χ1) is 21.1. The molecule has 1 aliphatic rings. The molecule has 1 fully saturated rings. The van der Waals surface area contributed by atoms with E-state index >= 15 is 0 Å². The van der Waals surface area contributed by atoms with E-state index < -0.39 is 5.97 Å². The Morgan fingerprint density at radius 3 is 2.09 bits per heavy atom. The van der Waals surface area contributed by atoms with E-state index in [1.165, 1.54) is 25.8 Å². The number of likely N-dealkylation sites (tertiary alicyclic amines) is 1. The summed E-state index contributed by atoms with van der Waals surface area (Å²) in [6, 6.07) is 21.4. The van der Waals surface area contributed by atoms with Gasteiger partial charge in [-0.3, -0.25) is 9.59 Å². The number of piperidine rings is 1. The molecule has 0 spiro atoms. The van der Waals surface area contributed by atoms with Gasteiger partial charge in [-0.25, -0.2) is 4.79 Å². The van der Waals surface area contributed by atoms with Gasteiger partial charge in [0, 0.05) is 13.1 Å². The van der Waals surface area contributed by atoms with Gasteiger partial charge in [-0.1, -0.05) is 57.2 Å². The average Bonchev–Trinajstić information content (AvgIpc) is 3.05. The quantitative estimate of drug-likeness (QED) is 0.186. The van der Waals surface area contributed by atoms with E-state index in [-0.39, 0.29) is 28.8 Å². The Morgan fingerprint density at radius 2 is 1.48 bits per heavy atom. The Bertz CT molecular complexity index is 1420. The van der Waals surface area contributed by atoms with Crippen LogP contribution < -0.4 is 9.47 Å². The van der Waals surface area contributed by atoms with E-state index in [4.69, 9.17) is 18.9 Å². The summed E-state index contributed by atoms with van der Waals surface area (Å²) in [4.78, 5) is 39.2. The zero-order valence-corrected chi connectivity index (χ0v) is 26.4. The Kier molecular flexibility index (Phi) is 11.0. The van der Waals surface area contributed by atoms with Crippen molar-refractivity contribution in [2.24, 2.45) is 5.92 Å². The number of carbonyl (C=O) groups is 3. The van der Waals surface area contributed by atoms with Crippen LogP contribution in [0, 0.1) is 5.92 Å². The van der Waals surface area contributed by atoms with Gasteiger partial charge in [0.15, 0.2) is 0 Å². The summed E-state index contributed by atoms with van der Waals surface area (Å²) >= 11 is 0. The minimum absolute atomic E-state index is 0.126. The molecular formula is C36H43NO7. The molecule has 0 radical (unpaired) electrons. The number of hydrogen-bond acceptors (Lipinski definition) is 7. The highest BCUT2D eigenvalue weighted by Crippen LogP contribution is 2.27. The molecule has 4 rings (SSSR count). The average molecular weight is 602 g/mol. The van der Waals surface area contributed by atoms with Crippen LogP contribution in [0.3, 0.4) is 0 Å². The predicted octanol–water partition coefficient (Wildman–Crippen LogP) is 6.39. The van der Waals surface area contributed by atoms with Crippen molar-refractivity contribution in [3.63, 3.8) is 0 Å². The molecule has 3 aromatic carbocycles. The van der Waals surface area contributed by atoms with Crippen LogP contribution >= 0.6 is 0 Å². The Balaban J connectivity index is 1.30. The lowest BCUT2D eigenvalue weighted by Gasteiger charge is -2.31. The van der Waals surface area contributed by atoms with E-state index in [0.717, 1.165) is 29.7 Å². The monoisotopic (exact) mass is 601 g/mol. The zero-order chi connectivity index (χ0) is 31.7. The van der Waals surface area contributed by atoms with E-state index in [1.807, 2.05) is 12.1 Å². The molecule has 1 amide bonds. The number of amides is 1. The molecule has 0 N–H and O–H groups in total. The maximum absolute atomic E-state index is 13.5. The second-order valence-corrected chi connectivity index (χ2v) is 12.1. The number of aryl methyl sites for hydroxylation is 1. The summed E-state index contributed by atoms with van der Waals surface area (Å²) in [5, 5.41) is 0. The molecule has 0 unspecified atom stereocenters. The van der Waals surface area contributed by atoms with E-state index in [1.54, 1.807) is 17.0 Å². The number of methoxy groups -OCH3 is 2. The first-order valence-electron chi connectivity index (χ1n) is 15.1. The number of hydrogen-bond donors (Lipinski definition) is 0. The van der Waals surface area contributed by atoms with Crippen molar-refractivity contribution in [1.29, 1.82) is 0 Å². The third kappa shape index (κ3) is 8.62. The molecule has 0 aromatic heterocycles. The van der Waals surface area contributed by atoms with Gasteiger partial charge in [0.2, 0.25) is 0 Å². The fourth-order valence-electron chi connectivity index (χ4n) is 5.20. The number of benzene rings is 3. The number of ether oxygens (including phenoxy) is 4. The van der Waals surface area contributed by atoms with E-state index in [0.29, 0.717) is 50.5 Å². The molecule has 1 aliphatic heterocycles. The highest BCUT2D eigenvalue weighted by molar-refractivity contribution is 6.00. The van der Waals surface area contributed by atoms with Crippen molar-refractivity contribution in [3.8, 4) is 11.5 Å². The minimum Gasteiger partial charge on any atom is -0.493 e. The molecule has 0 aliphatic carbocycles. The van der Waals surface area contributed by atoms with Gasteiger partial charge in [-0.05, 0) is 78.1 Å². The van der Waals surface area contributed by atoms with Crippen molar-refractivity contribution in [2.75, 3.05) is 33.9 Å². The fraction of sp³-hybridized carbons (Fsp3) is 0.417. The summed E-state index contributed by atoms with van der Waals surface area (Å²) in [6.07, 6.45) is 2.58. The largest absolute Gasteiger partial charge is 0.493 e. The highest BCUT2D eigenvalue weighted by atomic mass is 16.5. The lowest BCUT2D eigenvalue weighted by Crippen LogP contribution is -2.40. The van der Waals surface area contributed by atoms with Crippen LogP contribution in [0.1, 0.15) is 77.4 Å². The lowest BCUT2D eigenvalue weighted by molar-refractivity contribution is -0.146. The van der Waals surface area contributed by atoms with Crippen LogP contribution in [0.2, 0.25) is 0 Å². The van der Waals surface area contributed by atoms with E-state index in [9.17, 15) is 14.4 Å². The normalized spacial score (nSPS) is 13.7. The van der Waals surface area contributed by atoms with Gasteiger partial charge in [-0.2, -0.15) is 0 Å². The van der Waals surface area contributed by atoms with Gasteiger partial charge in [-0.15, -0.1) is 0 Å². The lowest BCUT2D eigenvalue weighted by atomic mass is 9.87. The molecule has 1 heterocycles. The second-order valence-electron chi connectivity index (χ2n) is 12.1. The van der Waals surface area contributed by atoms with Crippen LogP contribution in [0.15, 0.2) is 66.7 Å². The number of nitrogens with zero attached hydrogens (tertiary/aromatic N) is 1. The van der Waals surface area contributed by atoms with Crippen LogP contribution in [0.4, 0.5) is 0 Å². The molecule has 0 saturated carbocycles. The topological polar surface area (TPSA) is 91.4 Å². The number of carbonyl (C=O) groups excluding carboxylic acids is 3. The van der Waals surface area contributed by atoms with Crippen LogP contribution in [-0.2, 0) is 32.7 Å². The van der Waals surface area contributed by atoms with Gasteiger partial charge < -0.3 is 23.8 Å². The molecule has 0 atom stereocenters. The highest BCUT2D eigenvalue weighted by Gasteiger charge is 2.30. The van der Waals surface area contributed by atoms with Crippen molar-refractivity contribution in [3.05, 3.63) is 94.5 Å². The van der Waals surface area contributed by atoms with Crippen molar-refractivity contribution in [1.82, 2.24) is 4.90 Å². The van der Waals surface area contributed by atoms with Crippen LogP contribution in [0.25, 0.3) is 0 Å². The summed E-state index contributed by atoms with van der Waals surface area (Å²) in [5.41, 5.74) is 4.29.